The Bertz CT molecular complexity index is 1120. The van der Waals surface area contributed by atoms with E-state index in [1.807, 2.05) is 32.0 Å². The molecular formula is C20H18FN5OS. The van der Waals surface area contributed by atoms with Crippen LogP contribution in [0.3, 0.4) is 0 Å². The zero-order valence-corrected chi connectivity index (χ0v) is 16.2. The molecule has 1 aromatic carbocycles. The fraction of sp³-hybridized carbons (Fsp3) is 0.200. The first kappa shape index (κ1) is 18.2. The highest BCUT2D eigenvalue weighted by Gasteiger charge is 2.25. The topological polar surface area (TPSA) is 63.9 Å². The van der Waals surface area contributed by atoms with Gasteiger partial charge in [-0.05, 0) is 44.2 Å². The third-order valence-corrected chi connectivity index (χ3v) is 5.28. The molecule has 0 atom stereocenters. The number of aromatic nitrogens is 4. The first-order valence-corrected chi connectivity index (χ1v) is 9.66. The molecule has 0 aliphatic carbocycles. The molecule has 0 N–H and O–H groups in total. The summed E-state index contributed by atoms with van der Waals surface area (Å²) in [6, 6.07) is 12.1. The van der Waals surface area contributed by atoms with Crippen molar-refractivity contribution >= 4 is 32.6 Å². The molecule has 0 saturated carbocycles. The van der Waals surface area contributed by atoms with Crippen molar-refractivity contribution < 1.29 is 9.18 Å². The smallest absolute Gasteiger partial charge is 0.276 e. The fourth-order valence-electron chi connectivity index (χ4n) is 2.78. The van der Waals surface area contributed by atoms with Crippen LogP contribution >= 0.6 is 11.3 Å². The van der Waals surface area contributed by atoms with Gasteiger partial charge in [0.1, 0.15) is 11.3 Å². The molecule has 0 unspecified atom stereocenters. The van der Waals surface area contributed by atoms with Gasteiger partial charge in [-0.2, -0.15) is 5.10 Å². The van der Waals surface area contributed by atoms with E-state index in [0.717, 1.165) is 0 Å². The molecule has 3 heterocycles. The summed E-state index contributed by atoms with van der Waals surface area (Å²) in [6.45, 7) is 4.20. The van der Waals surface area contributed by atoms with Crippen molar-refractivity contribution in [1.29, 1.82) is 0 Å². The highest BCUT2D eigenvalue weighted by atomic mass is 32.1. The number of hydrogen-bond donors (Lipinski definition) is 0. The van der Waals surface area contributed by atoms with E-state index in [-0.39, 0.29) is 24.0 Å². The Labute approximate surface area is 165 Å². The summed E-state index contributed by atoms with van der Waals surface area (Å²) in [4.78, 5) is 23.4. The number of nitrogens with zero attached hydrogens (tertiary/aromatic N) is 5. The van der Waals surface area contributed by atoms with Crippen molar-refractivity contribution in [3.05, 3.63) is 72.1 Å². The molecule has 142 valence electrons. The van der Waals surface area contributed by atoms with E-state index >= 15 is 0 Å². The number of halogens is 1. The minimum Gasteiger partial charge on any atom is -0.276 e. The van der Waals surface area contributed by atoms with Crippen LogP contribution in [0.4, 0.5) is 9.52 Å². The number of thiazole rings is 1. The lowest BCUT2D eigenvalue weighted by atomic mass is 10.3. The van der Waals surface area contributed by atoms with Gasteiger partial charge in [0.05, 0.1) is 16.9 Å². The lowest BCUT2D eigenvalue weighted by Gasteiger charge is -2.18. The van der Waals surface area contributed by atoms with E-state index < -0.39 is 5.82 Å². The van der Waals surface area contributed by atoms with Crippen molar-refractivity contribution in [3.63, 3.8) is 0 Å². The first-order valence-electron chi connectivity index (χ1n) is 8.85. The number of rotatable bonds is 5. The normalized spacial score (nSPS) is 11.3. The molecule has 1 amide bonds. The number of fused-ring (bicyclic) bond motifs is 1. The molecule has 28 heavy (non-hydrogen) atoms. The van der Waals surface area contributed by atoms with E-state index in [9.17, 15) is 9.18 Å². The van der Waals surface area contributed by atoms with Gasteiger partial charge in [-0.25, -0.2) is 9.37 Å². The number of para-hydroxylation sites is 1. The maximum Gasteiger partial charge on any atom is 0.280 e. The highest BCUT2D eigenvalue weighted by Crippen LogP contribution is 2.31. The number of benzene rings is 1. The molecule has 4 aromatic rings. The molecule has 3 aromatic heterocycles. The van der Waals surface area contributed by atoms with Gasteiger partial charge in [-0.15, -0.1) is 0 Å². The molecule has 4 rings (SSSR count). The van der Waals surface area contributed by atoms with E-state index in [2.05, 4.69) is 15.1 Å². The average molecular weight is 395 g/mol. The fourth-order valence-corrected chi connectivity index (χ4v) is 3.75. The number of carbonyl (C=O) groups excluding carboxylic acids is 1. The first-order chi connectivity index (χ1) is 13.5. The Kier molecular flexibility index (Phi) is 4.87. The molecule has 0 fully saturated rings. The van der Waals surface area contributed by atoms with Crippen molar-refractivity contribution in [3.8, 4) is 0 Å². The second kappa shape index (κ2) is 7.47. The van der Waals surface area contributed by atoms with Gasteiger partial charge in [-0.1, -0.05) is 23.5 Å². The Hall–Kier alpha value is -3.13. The summed E-state index contributed by atoms with van der Waals surface area (Å²) in [5, 5.41) is 4.79. The summed E-state index contributed by atoms with van der Waals surface area (Å²) >= 11 is 1.27. The summed E-state index contributed by atoms with van der Waals surface area (Å²) in [7, 11) is 0. The van der Waals surface area contributed by atoms with Crippen LogP contribution in [-0.2, 0) is 6.54 Å². The van der Waals surface area contributed by atoms with E-state index in [1.54, 1.807) is 35.3 Å². The van der Waals surface area contributed by atoms with Gasteiger partial charge in [0, 0.05) is 18.4 Å². The minimum absolute atomic E-state index is 0.141. The second-order valence-corrected chi connectivity index (χ2v) is 7.58. The molecule has 0 saturated heterocycles. The van der Waals surface area contributed by atoms with Gasteiger partial charge in [0.15, 0.2) is 10.8 Å². The Morgan fingerprint density at radius 1 is 1.21 bits per heavy atom. The standard InChI is InChI=1S/C20H18FN5OS/c1-13(2)26-11-9-16(24-26)19(27)25(12-14-6-3-4-10-22-14)20-23-18-15(21)7-5-8-17(18)28-20/h3-11,13H,12H2,1-2H3. The third kappa shape index (κ3) is 3.50. The largest absolute Gasteiger partial charge is 0.280 e. The number of anilines is 1. The summed E-state index contributed by atoms with van der Waals surface area (Å²) in [6.07, 6.45) is 3.44. The number of carbonyl (C=O) groups is 1. The average Bonchev–Trinajstić information content (AvgIpc) is 3.34. The Morgan fingerprint density at radius 3 is 2.75 bits per heavy atom. The second-order valence-electron chi connectivity index (χ2n) is 6.57. The van der Waals surface area contributed by atoms with Crippen LogP contribution < -0.4 is 4.90 Å². The van der Waals surface area contributed by atoms with Crippen LogP contribution in [0.2, 0.25) is 0 Å². The lowest BCUT2D eigenvalue weighted by molar-refractivity contribution is 0.0979. The molecular weight excluding hydrogens is 377 g/mol. The van der Waals surface area contributed by atoms with Crippen molar-refractivity contribution in [1.82, 2.24) is 19.7 Å². The van der Waals surface area contributed by atoms with Crippen LogP contribution in [0.5, 0.6) is 0 Å². The molecule has 6 nitrogen and oxygen atoms in total. The zero-order chi connectivity index (χ0) is 19.7. The predicted molar refractivity (Wildman–Crippen MR) is 107 cm³/mol. The number of amides is 1. The predicted octanol–water partition coefficient (Wildman–Crippen LogP) is 4.45. The van der Waals surface area contributed by atoms with Crippen molar-refractivity contribution in [2.24, 2.45) is 0 Å². The molecule has 0 radical (unpaired) electrons. The van der Waals surface area contributed by atoms with Gasteiger partial charge in [0.2, 0.25) is 0 Å². The third-order valence-electron chi connectivity index (χ3n) is 4.24. The van der Waals surface area contributed by atoms with E-state index in [0.29, 0.717) is 21.2 Å². The summed E-state index contributed by atoms with van der Waals surface area (Å²) in [5.74, 6) is -0.709. The van der Waals surface area contributed by atoms with Crippen LogP contribution in [0.15, 0.2) is 54.9 Å². The Morgan fingerprint density at radius 2 is 2.07 bits per heavy atom. The quantitative estimate of drug-likeness (QED) is 0.501. The molecule has 8 heteroatoms. The summed E-state index contributed by atoms with van der Waals surface area (Å²) < 4.78 is 16.5. The Balaban J connectivity index is 1.76. The van der Waals surface area contributed by atoms with Crippen LogP contribution in [0.25, 0.3) is 10.2 Å². The number of hydrogen-bond acceptors (Lipinski definition) is 5. The lowest BCUT2D eigenvalue weighted by Crippen LogP contribution is -2.31. The van der Waals surface area contributed by atoms with Gasteiger partial charge >= 0.3 is 0 Å². The van der Waals surface area contributed by atoms with Gasteiger partial charge in [0.25, 0.3) is 5.91 Å². The van der Waals surface area contributed by atoms with Crippen LogP contribution in [0, 0.1) is 5.82 Å². The summed E-state index contributed by atoms with van der Waals surface area (Å²) in [5.41, 5.74) is 1.28. The number of pyridine rings is 1. The van der Waals surface area contributed by atoms with E-state index in [4.69, 9.17) is 0 Å². The minimum atomic E-state index is -0.408. The SMILES string of the molecule is CC(C)n1ccc(C(=O)N(Cc2ccccn2)c2nc3c(F)cccc3s2)n1. The monoisotopic (exact) mass is 395 g/mol. The van der Waals surface area contributed by atoms with Crippen LogP contribution in [0.1, 0.15) is 36.1 Å². The molecule has 0 bridgehead atoms. The molecule has 0 spiro atoms. The molecule has 0 aliphatic rings. The zero-order valence-electron chi connectivity index (χ0n) is 15.4. The van der Waals surface area contributed by atoms with Crippen molar-refractivity contribution in [2.75, 3.05) is 4.90 Å². The van der Waals surface area contributed by atoms with E-state index in [1.165, 1.54) is 22.3 Å². The van der Waals surface area contributed by atoms with Gasteiger partial charge in [-0.3, -0.25) is 19.4 Å². The maximum absolute atomic E-state index is 14.1. The van der Waals surface area contributed by atoms with Crippen LogP contribution in [-0.4, -0.2) is 25.7 Å². The molecule has 0 aliphatic heterocycles. The highest BCUT2D eigenvalue weighted by molar-refractivity contribution is 7.22. The van der Waals surface area contributed by atoms with Gasteiger partial charge < -0.3 is 0 Å². The van der Waals surface area contributed by atoms with Crippen molar-refractivity contribution in [2.45, 2.75) is 26.4 Å². The maximum atomic E-state index is 14.1.